The maximum absolute atomic E-state index is 10.5. The van der Waals surface area contributed by atoms with E-state index in [1.165, 1.54) is 56.9 Å². The summed E-state index contributed by atoms with van der Waals surface area (Å²) in [5.41, 5.74) is 3.08. The van der Waals surface area contributed by atoms with E-state index in [1.54, 1.807) is 0 Å². The molecule has 0 amide bonds. The smallest absolute Gasteiger partial charge is 0.128 e. The highest BCUT2D eigenvalue weighted by atomic mass is 32.2. The first kappa shape index (κ1) is 28.4. The Morgan fingerprint density at radius 1 is 0.909 bits per heavy atom. The average Bonchev–Trinajstić information content (AvgIpc) is 2.98. The number of ether oxygens (including phenoxy) is 1. The van der Waals surface area contributed by atoms with Crippen molar-refractivity contribution in [2.45, 2.75) is 136 Å². The molecule has 0 fully saturated rings. The lowest BCUT2D eigenvalue weighted by molar-refractivity contribution is 0.0969. The van der Waals surface area contributed by atoms with Gasteiger partial charge in [-0.15, -0.1) is 11.8 Å². The van der Waals surface area contributed by atoms with E-state index in [1.807, 2.05) is 24.8 Å². The van der Waals surface area contributed by atoms with E-state index in [2.05, 4.69) is 55.4 Å². The molecule has 2 nitrogen and oxygen atoms in total. The Hall–Kier alpha value is -0.830. The summed E-state index contributed by atoms with van der Waals surface area (Å²) in [7, 11) is 0. The van der Waals surface area contributed by atoms with Crippen LogP contribution in [0.25, 0.3) is 0 Å². The molecule has 2 rings (SSSR count). The number of aromatic hydroxyl groups is 1. The molecular weight excluding hydrogens is 424 g/mol. The zero-order valence-corrected chi connectivity index (χ0v) is 23.9. The molecule has 1 aliphatic heterocycles. The second-order valence-corrected chi connectivity index (χ2v) is 13.6. The van der Waals surface area contributed by atoms with E-state index >= 15 is 0 Å². The van der Waals surface area contributed by atoms with Gasteiger partial charge in [-0.2, -0.15) is 0 Å². The van der Waals surface area contributed by atoms with Gasteiger partial charge in [0.2, 0.25) is 0 Å². The SMILES string of the molecule is Cc1cc(O)c(C)c2c1OC(C)(CCCC(C)CCCC(C)CCCC(C)C)C2SC(C)C. The summed E-state index contributed by atoms with van der Waals surface area (Å²) in [5, 5.41) is 11.3. The number of hydrogen-bond donors (Lipinski definition) is 1. The molecule has 1 aliphatic rings. The number of fused-ring (bicyclic) bond motifs is 1. The molecule has 3 heteroatoms. The highest BCUT2D eigenvalue weighted by molar-refractivity contribution is 8.00. The van der Waals surface area contributed by atoms with Crippen LogP contribution in [-0.4, -0.2) is 16.0 Å². The largest absolute Gasteiger partial charge is 0.508 e. The van der Waals surface area contributed by atoms with E-state index in [9.17, 15) is 5.11 Å². The van der Waals surface area contributed by atoms with E-state index in [0.717, 1.165) is 41.1 Å². The molecule has 190 valence electrons. The van der Waals surface area contributed by atoms with Crippen molar-refractivity contribution in [3.8, 4) is 11.5 Å². The van der Waals surface area contributed by atoms with Gasteiger partial charge < -0.3 is 9.84 Å². The molecule has 0 spiro atoms. The molecule has 0 aliphatic carbocycles. The average molecular weight is 477 g/mol. The number of phenols is 1. The van der Waals surface area contributed by atoms with Crippen LogP contribution >= 0.6 is 11.8 Å². The summed E-state index contributed by atoms with van der Waals surface area (Å²) in [4.78, 5) is 0. The van der Waals surface area contributed by atoms with Crippen molar-refractivity contribution in [2.75, 3.05) is 0 Å². The molecule has 33 heavy (non-hydrogen) atoms. The summed E-state index contributed by atoms with van der Waals surface area (Å²) in [6, 6.07) is 1.86. The van der Waals surface area contributed by atoms with E-state index < -0.39 is 0 Å². The van der Waals surface area contributed by atoms with Crippen molar-refractivity contribution in [2.24, 2.45) is 17.8 Å². The molecule has 1 heterocycles. The van der Waals surface area contributed by atoms with Gasteiger partial charge in [0.25, 0.3) is 0 Å². The highest BCUT2D eigenvalue weighted by Crippen LogP contribution is 2.57. The van der Waals surface area contributed by atoms with Crippen LogP contribution in [0.3, 0.4) is 0 Å². The number of benzene rings is 1. The van der Waals surface area contributed by atoms with Crippen molar-refractivity contribution in [1.29, 1.82) is 0 Å². The lowest BCUT2D eigenvalue weighted by Crippen LogP contribution is -2.34. The van der Waals surface area contributed by atoms with Crippen molar-refractivity contribution in [1.82, 2.24) is 0 Å². The Bertz CT molecular complexity index is 741. The Morgan fingerprint density at radius 3 is 2.00 bits per heavy atom. The molecule has 0 saturated heterocycles. The minimum atomic E-state index is -0.203. The van der Waals surface area contributed by atoms with Gasteiger partial charge in [-0.05, 0) is 73.8 Å². The summed E-state index contributed by atoms with van der Waals surface area (Å²) in [5.74, 6) is 3.92. The number of rotatable bonds is 14. The second-order valence-electron chi connectivity index (χ2n) is 11.9. The van der Waals surface area contributed by atoms with Crippen molar-refractivity contribution < 1.29 is 9.84 Å². The maximum atomic E-state index is 10.5. The number of phenolic OH excluding ortho intramolecular Hbond substituents is 1. The first-order valence-electron chi connectivity index (χ1n) is 13.6. The Balaban J connectivity index is 1.87. The maximum Gasteiger partial charge on any atom is 0.128 e. The van der Waals surface area contributed by atoms with Gasteiger partial charge in [0.1, 0.15) is 17.1 Å². The zero-order valence-electron chi connectivity index (χ0n) is 23.1. The first-order chi connectivity index (χ1) is 15.4. The minimum absolute atomic E-state index is 0.203. The van der Waals surface area contributed by atoms with Crippen molar-refractivity contribution in [3.05, 3.63) is 22.8 Å². The van der Waals surface area contributed by atoms with Crippen LogP contribution in [0.1, 0.15) is 128 Å². The molecule has 0 aromatic heterocycles. The molecule has 0 bridgehead atoms. The molecule has 0 radical (unpaired) electrons. The molecule has 1 N–H and O–H groups in total. The van der Waals surface area contributed by atoms with Crippen LogP contribution in [0, 0.1) is 31.6 Å². The van der Waals surface area contributed by atoms with E-state index in [-0.39, 0.29) is 10.9 Å². The fourth-order valence-corrected chi connectivity index (χ4v) is 6.81. The fourth-order valence-electron chi connectivity index (χ4n) is 5.39. The zero-order chi connectivity index (χ0) is 24.8. The predicted molar refractivity (Wildman–Crippen MR) is 147 cm³/mol. The molecule has 1 aromatic carbocycles. The summed E-state index contributed by atoms with van der Waals surface area (Å²) in [6.45, 7) is 20.5. The van der Waals surface area contributed by atoms with Crippen LogP contribution in [0.5, 0.6) is 11.5 Å². The third-order valence-corrected chi connectivity index (χ3v) is 9.10. The minimum Gasteiger partial charge on any atom is -0.508 e. The van der Waals surface area contributed by atoms with Gasteiger partial charge >= 0.3 is 0 Å². The number of thioether (sulfide) groups is 1. The number of hydrogen-bond acceptors (Lipinski definition) is 3. The third-order valence-electron chi connectivity index (χ3n) is 7.55. The van der Waals surface area contributed by atoms with Gasteiger partial charge in [-0.1, -0.05) is 86.5 Å². The lowest BCUT2D eigenvalue weighted by atomic mass is 9.87. The molecule has 1 aromatic rings. The Morgan fingerprint density at radius 2 is 1.45 bits per heavy atom. The Kier molecular flexibility index (Phi) is 11.0. The van der Waals surface area contributed by atoms with Gasteiger partial charge in [0.15, 0.2) is 0 Å². The van der Waals surface area contributed by atoms with Gasteiger partial charge in [-0.3, -0.25) is 0 Å². The van der Waals surface area contributed by atoms with E-state index in [4.69, 9.17) is 4.74 Å². The summed E-state index contributed by atoms with van der Waals surface area (Å²) >= 11 is 1.99. The van der Waals surface area contributed by atoms with Crippen molar-refractivity contribution >= 4 is 11.8 Å². The highest BCUT2D eigenvalue weighted by Gasteiger charge is 2.47. The van der Waals surface area contributed by atoms with Gasteiger partial charge in [0.05, 0.1) is 5.25 Å². The van der Waals surface area contributed by atoms with Crippen LogP contribution in [0.4, 0.5) is 0 Å². The van der Waals surface area contributed by atoms with Gasteiger partial charge in [-0.25, -0.2) is 0 Å². The molecule has 0 saturated carbocycles. The summed E-state index contributed by atoms with van der Waals surface area (Å²) < 4.78 is 6.69. The van der Waals surface area contributed by atoms with Crippen molar-refractivity contribution in [3.63, 3.8) is 0 Å². The van der Waals surface area contributed by atoms with Gasteiger partial charge in [0, 0.05) is 5.56 Å². The summed E-state index contributed by atoms with van der Waals surface area (Å²) in [6.07, 6.45) is 11.8. The topological polar surface area (TPSA) is 29.5 Å². The lowest BCUT2D eigenvalue weighted by Gasteiger charge is -2.32. The van der Waals surface area contributed by atoms with Crippen LogP contribution in [0.2, 0.25) is 0 Å². The monoisotopic (exact) mass is 476 g/mol. The number of aryl methyl sites for hydroxylation is 1. The molecular formula is C30H52O2S. The molecule has 4 unspecified atom stereocenters. The normalized spacial score (nSPS) is 22.0. The van der Waals surface area contributed by atoms with E-state index in [0.29, 0.717) is 11.0 Å². The molecule has 4 atom stereocenters. The Labute approximate surface area is 209 Å². The first-order valence-corrected chi connectivity index (χ1v) is 14.6. The van der Waals surface area contributed by atoms with Crippen LogP contribution in [0.15, 0.2) is 6.07 Å². The second kappa shape index (κ2) is 12.8. The fraction of sp³-hybridized carbons (Fsp3) is 0.800. The quantitative estimate of drug-likeness (QED) is 0.290. The predicted octanol–water partition coefficient (Wildman–Crippen LogP) is 9.78. The van der Waals surface area contributed by atoms with Crippen LogP contribution < -0.4 is 4.74 Å². The van der Waals surface area contributed by atoms with Crippen LogP contribution in [-0.2, 0) is 0 Å². The third kappa shape index (κ3) is 8.11. The standard InChI is InChI=1S/C30H52O2S/c1-20(2)13-10-14-22(5)15-11-16-23(6)17-12-18-30(9)29(33-21(3)4)27-25(8)26(31)19-24(7)28(27)32-30/h19-23,29,31H,10-18H2,1-9H3.